The van der Waals surface area contributed by atoms with E-state index in [0.717, 1.165) is 32.4 Å². The summed E-state index contributed by atoms with van der Waals surface area (Å²) in [5.74, 6) is 0.102. The quantitative estimate of drug-likeness (QED) is 0.434. The highest BCUT2D eigenvalue weighted by Gasteiger charge is 2.26. The van der Waals surface area contributed by atoms with E-state index in [1.807, 2.05) is 7.05 Å². The first kappa shape index (κ1) is 19.1. The summed E-state index contributed by atoms with van der Waals surface area (Å²) in [5, 5.41) is 0. The third kappa shape index (κ3) is 7.39. The van der Waals surface area contributed by atoms with E-state index in [0.29, 0.717) is 6.42 Å². The number of carbonyl (C=O) groups is 2. The second-order valence-corrected chi connectivity index (χ2v) is 6.80. The Morgan fingerprint density at radius 2 is 1.73 bits per heavy atom. The molecule has 4 nitrogen and oxygen atoms in total. The van der Waals surface area contributed by atoms with Crippen molar-refractivity contribution < 1.29 is 9.59 Å². The minimum absolute atomic E-state index is 0.00625. The van der Waals surface area contributed by atoms with Crippen molar-refractivity contribution in [1.82, 2.24) is 9.80 Å². The van der Waals surface area contributed by atoms with Crippen LogP contribution in [0.5, 0.6) is 0 Å². The van der Waals surface area contributed by atoms with Crippen LogP contribution in [0, 0.1) is 0 Å². The molecule has 1 fully saturated rings. The Morgan fingerprint density at radius 3 is 2.32 bits per heavy atom. The molecule has 0 spiro atoms. The molecule has 22 heavy (non-hydrogen) atoms. The summed E-state index contributed by atoms with van der Waals surface area (Å²) in [7, 11) is 3.91. The predicted molar refractivity (Wildman–Crippen MR) is 90.9 cm³/mol. The average Bonchev–Trinajstić information content (AvgIpc) is 2.92. The third-order valence-corrected chi connectivity index (χ3v) is 4.72. The van der Waals surface area contributed by atoms with E-state index in [-0.39, 0.29) is 24.2 Å². The van der Waals surface area contributed by atoms with Gasteiger partial charge in [0.25, 0.3) is 0 Å². The molecule has 0 bridgehead atoms. The van der Waals surface area contributed by atoms with Gasteiger partial charge in [-0.25, -0.2) is 0 Å². The van der Waals surface area contributed by atoms with Crippen molar-refractivity contribution in [3.05, 3.63) is 0 Å². The number of likely N-dealkylation sites (tertiary alicyclic amines) is 1. The highest BCUT2D eigenvalue weighted by atomic mass is 16.2. The van der Waals surface area contributed by atoms with Crippen molar-refractivity contribution in [2.24, 2.45) is 0 Å². The Kier molecular flexibility index (Phi) is 9.37. The Hall–Kier alpha value is -0.900. The summed E-state index contributed by atoms with van der Waals surface area (Å²) < 4.78 is 0. The molecule has 0 aliphatic carbocycles. The molecule has 1 aliphatic heterocycles. The van der Waals surface area contributed by atoms with E-state index in [1.165, 1.54) is 32.1 Å². The minimum Gasteiger partial charge on any atom is -0.341 e. The Bertz CT molecular complexity index is 344. The summed E-state index contributed by atoms with van der Waals surface area (Å²) in [5.41, 5.74) is 0. The molecule has 0 aromatic heterocycles. The lowest BCUT2D eigenvalue weighted by molar-refractivity contribution is -0.135. The van der Waals surface area contributed by atoms with Gasteiger partial charge in [-0.05, 0) is 26.4 Å². The molecule has 1 rings (SSSR count). The Morgan fingerprint density at radius 1 is 1.09 bits per heavy atom. The van der Waals surface area contributed by atoms with Crippen molar-refractivity contribution in [2.75, 3.05) is 27.2 Å². The number of hydrogen-bond donors (Lipinski definition) is 0. The Labute approximate surface area is 136 Å². The van der Waals surface area contributed by atoms with E-state index in [1.54, 1.807) is 4.90 Å². The predicted octanol–water partition coefficient (Wildman–Crippen LogP) is 3.25. The summed E-state index contributed by atoms with van der Waals surface area (Å²) in [6.45, 7) is 4.18. The van der Waals surface area contributed by atoms with Crippen LogP contribution in [0.3, 0.4) is 0 Å². The first-order valence-corrected chi connectivity index (χ1v) is 9.00. The van der Waals surface area contributed by atoms with Gasteiger partial charge in [0, 0.05) is 26.1 Å². The smallest absolute Gasteiger partial charge is 0.230 e. The Balaban J connectivity index is 2.09. The summed E-state index contributed by atoms with van der Waals surface area (Å²) >= 11 is 0. The van der Waals surface area contributed by atoms with Crippen LogP contribution in [0.1, 0.15) is 71.1 Å². The highest BCUT2D eigenvalue weighted by Crippen LogP contribution is 2.14. The van der Waals surface area contributed by atoms with Crippen LogP contribution in [0.15, 0.2) is 0 Å². The van der Waals surface area contributed by atoms with Gasteiger partial charge >= 0.3 is 0 Å². The normalized spacial score (nSPS) is 18.6. The molecule has 1 atom stereocenters. The van der Waals surface area contributed by atoms with Gasteiger partial charge in [-0.15, -0.1) is 0 Å². The second-order valence-electron chi connectivity index (χ2n) is 6.80. The van der Waals surface area contributed by atoms with Crippen LogP contribution < -0.4 is 0 Å². The zero-order valence-corrected chi connectivity index (χ0v) is 14.8. The van der Waals surface area contributed by atoms with Gasteiger partial charge in [0.15, 0.2) is 0 Å². The van der Waals surface area contributed by atoms with Crippen LogP contribution in [0.2, 0.25) is 0 Å². The van der Waals surface area contributed by atoms with E-state index < -0.39 is 0 Å². The number of likely N-dealkylation sites (N-methyl/N-ethyl adjacent to an activating group) is 2. The highest BCUT2D eigenvalue weighted by molar-refractivity contribution is 5.98. The van der Waals surface area contributed by atoms with Gasteiger partial charge in [0.2, 0.25) is 5.91 Å². The molecule has 0 N–H and O–H groups in total. The standard InChI is InChI=1S/C18H34N2O2/c1-4-5-6-7-8-9-10-11-17(21)14-18(22)20(3)16-12-13-19(2)15-16/h16H,4-15H2,1-3H3. The van der Waals surface area contributed by atoms with Gasteiger partial charge in [-0.2, -0.15) is 0 Å². The van der Waals surface area contributed by atoms with Crippen LogP contribution in [0.25, 0.3) is 0 Å². The average molecular weight is 310 g/mol. The van der Waals surface area contributed by atoms with Crippen molar-refractivity contribution in [3.8, 4) is 0 Å². The molecular weight excluding hydrogens is 276 g/mol. The van der Waals surface area contributed by atoms with Crippen LogP contribution in [-0.2, 0) is 9.59 Å². The number of unbranched alkanes of at least 4 members (excludes halogenated alkanes) is 6. The summed E-state index contributed by atoms with van der Waals surface area (Å²) in [4.78, 5) is 28.1. The third-order valence-electron chi connectivity index (χ3n) is 4.72. The zero-order valence-electron chi connectivity index (χ0n) is 14.8. The minimum atomic E-state index is -0.00625. The summed E-state index contributed by atoms with van der Waals surface area (Å²) in [6, 6.07) is 0.281. The lowest BCUT2D eigenvalue weighted by atomic mass is 10.1. The first-order chi connectivity index (χ1) is 10.5. The maximum Gasteiger partial charge on any atom is 0.230 e. The van der Waals surface area contributed by atoms with Crippen LogP contribution in [-0.4, -0.2) is 54.7 Å². The molecule has 0 aromatic rings. The first-order valence-electron chi connectivity index (χ1n) is 9.00. The molecule has 0 aromatic carbocycles. The number of rotatable bonds is 11. The van der Waals surface area contributed by atoms with Crippen molar-refractivity contribution in [3.63, 3.8) is 0 Å². The monoisotopic (exact) mass is 310 g/mol. The van der Waals surface area contributed by atoms with Gasteiger partial charge in [0.1, 0.15) is 5.78 Å². The van der Waals surface area contributed by atoms with Crippen molar-refractivity contribution in [2.45, 2.75) is 77.2 Å². The lowest BCUT2D eigenvalue weighted by Crippen LogP contribution is -2.39. The second kappa shape index (κ2) is 10.8. The molecule has 1 saturated heterocycles. The number of ketones is 1. The fourth-order valence-electron chi connectivity index (χ4n) is 3.09. The van der Waals surface area contributed by atoms with Gasteiger partial charge in [0.05, 0.1) is 6.42 Å². The van der Waals surface area contributed by atoms with Crippen molar-refractivity contribution >= 4 is 11.7 Å². The van der Waals surface area contributed by atoms with Gasteiger partial charge in [-0.1, -0.05) is 45.4 Å². The number of amides is 1. The topological polar surface area (TPSA) is 40.6 Å². The molecule has 1 unspecified atom stereocenters. The number of carbonyl (C=O) groups excluding carboxylic acids is 2. The maximum atomic E-state index is 12.1. The van der Waals surface area contributed by atoms with Crippen LogP contribution in [0.4, 0.5) is 0 Å². The number of Topliss-reactive ketones (excluding diaryl/α,β-unsaturated/α-hetero) is 1. The van der Waals surface area contributed by atoms with Gasteiger partial charge in [-0.3, -0.25) is 9.59 Å². The largest absolute Gasteiger partial charge is 0.341 e. The fourth-order valence-corrected chi connectivity index (χ4v) is 3.09. The SMILES string of the molecule is CCCCCCCCCC(=O)CC(=O)N(C)C1CCN(C)C1. The number of hydrogen-bond acceptors (Lipinski definition) is 3. The van der Waals surface area contributed by atoms with E-state index in [4.69, 9.17) is 0 Å². The van der Waals surface area contributed by atoms with E-state index in [2.05, 4.69) is 18.9 Å². The molecule has 128 valence electrons. The van der Waals surface area contributed by atoms with Gasteiger partial charge < -0.3 is 9.80 Å². The van der Waals surface area contributed by atoms with Crippen LogP contribution >= 0.6 is 0 Å². The molecule has 1 amide bonds. The van der Waals surface area contributed by atoms with Crippen molar-refractivity contribution in [1.29, 1.82) is 0 Å². The fraction of sp³-hybridized carbons (Fsp3) is 0.889. The van der Waals surface area contributed by atoms with E-state index >= 15 is 0 Å². The molecule has 4 heteroatoms. The lowest BCUT2D eigenvalue weighted by Gasteiger charge is -2.24. The van der Waals surface area contributed by atoms with E-state index in [9.17, 15) is 9.59 Å². The summed E-state index contributed by atoms with van der Waals surface area (Å²) in [6.07, 6.45) is 10.1. The molecule has 0 radical (unpaired) electrons. The zero-order chi connectivity index (χ0) is 16.4. The molecule has 1 heterocycles. The maximum absolute atomic E-state index is 12.1. The molecule has 0 saturated carbocycles. The molecular formula is C18H34N2O2. The molecule has 1 aliphatic rings. The number of nitrogens with zero attached hydrogens (tertiary/aromatic N) is 2.